The van der Waals surface area contributed by atoms with E-state index in [1.165, 1.54) is 10.4 Å². The van der Waals surface area contributed by atoms with Gasteiger partial charge >= 0.3 is 0 Å². The zero-order chi connectivity index (χ0) is 20.6. The molecule has 0 bridgehead atoms. The molecule has 0 aliphatic carbocycles. The molecule has 1 aliphatic rings. The van der Waals surface area contributed by atoms with Gasteiger partial charge in [0.25, 0.3) is 5.91 Å². The van der Waals surface area contributed by atoms with Crippen LogP contribution in [0, 0.1) is 6.92 Å². The number of hydrogen-bond acceptors (Lipinski definition) is 6. The van der Waals surface area contributed by atoms with Gasteiger partial charge in [0.1, 0.15) is 0 Å². The van der Waals surface area contributed by atoms with Gasteiger partial charge < -0.3 is 5.32 Å². The summed E-state index contributed by atoms with van der Waals surface area (Å²) in [5.41, 5.74) is 2.64. The molecule has 0 radical (unpaired) electrons. The number of aromatic nitrogens is 1. The number of amides is 1. The van der Waals surface area contributed by atoms with Crippen LogP contribution < -0.4 is 5.32 Å². The van der Waals surface area contributed by atoms with Crippen molar-refractivity contribution in [1.29, 1.82) is 0 Å². The van der Waals surface area contributed by atoms with Gasteiger partial charge in [-0.3, -0.25) is 4.79 Å². The van der Waals surface area contributed by atoms with E-state index in [0.717, 1.165) is 33.0 Å². The van der Waals surface area contributed by atoms with Crippen molar-refractivity contribution < 1.29 is 13.2 Å². The lowest BCUT2D eigenvalue weighted by molar-refractivity contribution is 0.102. The Labute approximate surface area is 178 Å². The highest BCUT2D eigenvalue weighted by Gasteiger charge is 2.28. The third-order valence-electron chi connectivity index (χ3n) is 4.96. The van der Waals surface area contributed by atoms with Crippen LogP contribution in [0.15, 0.2) is 45.6 Å². The first-order valence-electron chi connectivity index (χ1n) is 9.25. The number of carbonyl (C=O) groups excluding carboxylic acids is 1. The molecule has 3 aromatic rings. The number of rotatable bonds is 5. The molecule has 1 saturated heterocycles. The van der Waals surface area contributed by atoms with Crippen LogP contribution in [0.1, 0.15) is 28.8 Å². The number of thioether (sulfide) groups is 1. The minimum atomic E-state index is -3.57. The first kappa shape index (κ1) is 20.3. The minimum Gasteiger partial charge on any atom is -0.322 e. The fraction of sp³-hybridized carbons (Fsp3) is 0.300. The number of aryl methyl sites for hydroxylation is 1. The molecule has 2 heterocycles. The van der Waals surface area contributed by atoms with E-state index in [1.54, 1.807) is 42.2 Å². The van der Waals surface area contributed by atoms with E-state index in [1.807, 2.05) is 24.5 Å². The van der Waals surface area contributed by atoms with Crippen molar-refractivity contribution in [3.63, 3.8) is 0 Å². The molecular weight excluding hydrogens is 426 g/mol. The Kier molecular flexibility index (Phi) is 5.65. The lowest BCUT2D eigenvalue weighted by atomic mass is 10.1. The molecule has 29 heavy (non-hydrogen) atoms. The SMILES string of the molecule is CSc1nc2ccc(NC(=O)c3cc(S(=O)(=O)N4CCCC4)ccc3C)cc2s1. The second-order valence-electron chi connectivity index (χ2n) is 6.91. The molecular formula is C20H21N3O3S3. The maximum absolute atomic E-state index is 12.9. The number of carbonyl (C=O) groups is 1. The van der Waals surface area contributed by atoms with Crippen molar-refractivity contribution in [2.45, 2.75) is 29.0 Å². The quantitative estimate of drug-likeness (QED) is 0.588. The largest absolute Gasteiger partial charge is 0.322 e. The van der Waals surface area contributed by atoms with Crippen LogP contribution in [-0.4, -0.2) is 43.0 Å². The summed E-state index contributed by atoms with van der Waals surface area (Å²) < 4.78 is 29.1. The number of nitrogens with zero attached hydrogens (tertiary/aromatic N) is 2. The van der Waals surface area contributed by atoms with Crippen LogP contribution in [0.2, 0.25) is 0 Å². The zero-order valence-corrected chi connectivity index (χ0v) is 18.6. The van der Waals surface area contributed by atoms with Crippen molar-refractivity contribution in [3.8, 4) is 0 Å². The molecule has 9 heteroatoms. The fourth-order valence-electron chi connectivity index (χ4n) is 3.35. The zero-order valence-electron chi connectivity index (χ0n) is 16.1. The van der Waals surface area contributed by atoms with Gasteiger partial charge in [0.15, 0.2) is 4.34 Å². The number of anilines is 1. The van der Waals surface area contributed by atoms with Crippen LogP contribution in [-0.2, 0) is 10.0 Å². The third-order valence-corrected chi connectivity index (χ3v) is 8.86. The smallest absolute Gasteiger partial charge is 0.255 e. The van der Waals surface area contributed by atoms with Crippen molar-refractivity contribution in [1.82, 2.24) is 9.29 Å². The number of hydrogen-bond donors (Lipinski definition) is 1. The summed E-state index contributed by atoms with van der Waals surface area (Å²) in [6.07, 6.45) is 3.72. The maximum atomic E-state index is 12.9. The van der Waals surface area contributed by atoms with Crippen LogP contribution in [0.25, 0.3) is 10.2 Å². The lowest BCUT2D eigenvalue weighted by Crippen LogP contribution is -2.28. The van der Waals surface area contributed by atoms with E-state index in [-0.39, 0.29) is 10.8 Å². The van der Waals surface area contributed by atoms with Gasteiger partial charge in [0.2, 0.25) is 10.0 Å². The summed E-state index contributed by atoms with van der Waals surface area (Å²) in [4.78, 5) is 17.6. The Morgan fingerprint density at radius 3 is 2.66 bits per heavy atom. The highest BCUT2D eigenvalue weighted by Crippen LogP contribution is 2.30. The van der Waals surface area contributed by atoms with E-state index in [9.17, 15) is 13.2 Å². The first-order valence-corrected chi connectivity index (χ1v) is 12.7. The molecule has 6 nitrogen and oxygen atoms in total. The van der Waals surface area contributed by atoms with E-state index < -0.39 is 10.0 Å². The van der Waals surface area contributed by atoms with Gasteiger partial charge in [-0.1, -0.05) is 17.8 Å². The van der Waals surface area contributed by atoms with Gasteiger partial charge in [-0.2, -0.15) is 4.31 Å². The summed E-state index contributed by atoms with van der Waals surface area (Å²) in [5.74, 6) is -0.324. The summed E-state index contributed by atoms with van der Waals surface area (Å²) in [6, 6.07) is 10.3. The van der Waals surface area contributed by atoms with E-state index in [0.29, 0.717) is 24.3 Å². The maximum Gasteiger partial charge on any atom is 0.255 e. The van der Waals surface area contributed by atoms with E-state index in [2.05, 4.69) is 10.3 Å². The van der Waals surface area contributed by atoms with Crippen molar-refractivity contribution in [3.05, 3.63) is 47.5 Å². The van der Waals surface area contributed by atoms with Crippen LogP contribution in [0.3, 0.4) is 0 Å². The molecule has 1 fully saturated rings. The Hall–Kier alpha value is -1.94. The molecule has 0 unspecified atom stereocenters. The van der Waals surface area contributed by atoms with Gasteiger partial charge in [-0.05, 0) is 61.9 Å². The Morgan fingerprint density at radius 1 is 1.17 bits per heavy atom. The van der Waals surface area contributed by atoms with Crippen molar-refractivity contribution in [2.75, 3.05) is 24.7 Å². The third kappa shape index (κ3) is 4.05. The first-order chi connectivity index (χ1) is 13.9. The second-order valence-corrected chi connectivity index (χ2v) is 10.9. The van der Waals surface area contributed by atoms with Gasteiger partial charge in [0.05, 0.1) is 15.1 Å². The highest BCUT2D eigenvalue weighted by molar-refractivity contribution is 8.00. The lowest BCUT2D eigenvalue weighted by Gasteiger charge is -2.17. The number of thiazole rings is 1. The van der Waals surface area contributed by atoms with Crippen LogP contribution in [0.4, 0.5) is 5.69 Å². The molecule has 0 saturated carbocycles. The van der Waals surface area contributed by atoms with E-state index in [4.69, 9.17) is 0 Å². The number of fused-ring (bicyclic) bond motifs is 1. The monoisotopic (exact) mass is 447 g/mol. The fourth-order valence-corrected chi connectivity index (χ4v) is 6.42. The predicted molar refractivity (Wildman–Crippen MR) is 119 cm³/mol. The Morgan fingerprint density at radius 2 is 1.93 bits per heavy atom. The number of nitrogens with one attached hydrogen (secondary N) is 1. The minimum absolute atomic E-state index is 0.165. The number of sulfonamides is 1. The molecule has 4 rings (SSSR count). The molecule has 1 aromatic heterocycles. The molecule has 2 aromatic carbocycles. The molecule has 152 valence electrons. The van der Waals surface area contributed by atoms with Gasteiger partial charge in [0, 0.05) is 24.3 Å². The Bertz CT molecular complexity index is 1180. The topological polar surface area (TPSA) is 79.4 Å². The number of benzene rings is 2. The summed E-state index contributed by atoms with van der Waals surface area (Å²) >= 11 is 3.16. The molecule has 1 aliphatic heterocycles. The average molecular weight is 448 g/mol. The second kappa shape index (κ2) is 8.06. The van der Waals surface area contributed by atoms with Crippen LogP contribution in [0.5, 0.6) is 0 Å². The highest BCUT2D eigenvalue weighted by atomic mass is 32.2. The van der Waals surface area contributed by atoms with E-state index >= 15 is 0 Å². The molecule has 1 N–H and O–H groups in total. The standard InChI is InChI=1S/C20H21N3O3S3/c1-13-5-7-15(29(25,26)23-9-3-4-10-23)12-16(13)19(24)21-14-6-8-17-18(11-14)28-20(22-17)27-2/h5-8,11-12H,3-4,9-10H2,1-2H3,(H,21,24). The van der Waals surface area contributed by atoms with Crippen molar-refractivity contribution in [2.24, 2.45) is 0 Å². The summed E-state index contributed by atoms with van der Waals surface area (Å²) in [5, 5.41) is 2.89. The van der Waals surface area contributed by atoms with Crippen molar-refractivity contribution >= 4 is 54.9 Å². The normalized spacial score (nSPS) is 15.1. The summed E-state index contributed by atoms with van der Waals surface area (Å²) in [7, 11) is -3.57. The van der Waals surface area contributed by atoms with Crippen LogP contribution >= 0.6 is 23.1 Å². The Balaban J connectivity index is 1.61. The predicted octanol–water partition coefficient (Wildman–Crippen LogP) is 4.36. The molecule has 0 spiro atoms. The summed E-state index contributed by atoms with van der Waals surface area (Å²) in [6.45, 7) is 2.87. The van der Waals surface area contributed by atoms with Gasteiger partial charge in [-0.15, -0.1) is 11.3 Å². The average Bonchev–Trinajstić information content (AvgIpc) is 3.37. The molecule has 1 amide bonds. The van der Waals surface area contributed by atoms with Gasteiger partial charge in [-0.25, -0.2) is 13.4 Å². The molecule has 0 atom stereocenters.